The van der Waals surface area contributed by atoms with Crippen LogP contribution in [0.3, 0.4) is 0 Å². The summed E-state index contributed by atoms with van der Waals surface area (Å²) in [5, 5.41) is 3.64. The van der Waals surface area contributed by atoms with Crippen molar-refractivity contribution in [3.05, 3.63) is 11.7 Å². The van der Waals surface area contributed by atoms with Gasteiger partial charge in [-0.3, -0.25) is 9.69 Å². The SMILES string of the molecule is Cc1noc(CN2C[C@H]3C[C@@H](C2)[C@H](CNS(=O)(=O)C2CC2)N2C(=O)CCC[C@@H]32)n1. The molecule has 3 saturated heterocycles. The number of aromatic nitrogens is 2. The summed E-state index contributed by atoms with van der Waals surface area (Å²) in [5.74, 6) is 2.10. The molecule has 1 aromatic rings. The number of likely N-dealkylation sites (tertiary alicyclic amines) is 1. The number of nitrogens with zero attached hydrogens (tertiary/aromatic N) is 4. The molecule has 4 heterocycles. The lowest BCUT2D eigenvalue weighted by Gasteiger charge is -2.56. The molecule has 4 fully saturated rings. The smallest absolute Gasteiger partial charge is 0.240 e. The minimum atomic E-state index is -3.26. The molecule has 9 nitrogen and oxygen atoms in total. The third kappa shape index (κ3) is 3.82. The van der Waals surface area contributed by atoms with E-state index in [0.29, 0.717) is 37.1 Å². The van der Waals surface area contributed by atoms with Crippen LogP contribution in [-0.4, -0.2) is 71.2 Å². The highest BCUT2D eigenvalue weighted by Gasteiger charge is 2.50. The van der Waals surface area contributed by atoms with Crippen LogP contribution in [0.25, 0.3) is 0 Å². The van der Waals surface area contributed by atoms with Crippen LogP contribution < -0.4 is 4.72 Å². The number of rotatable bonds is 6. The standard InChI is InChI=1S/C19H29N5O4S/c1-12-21-18(28-22-12)11-23-9-13-7-14(10-23)17(8-20-29(26,27)15-5-6-15)24-16(13)3-2-4-19(24)25/h13-17,20H,2-11H2,1H3/t13-,14+,16+,17+/m1/s1. The Morgan fingerprint density at radius 3 is 2.72 bits per heavy atom. The van der Waals surface area contributed by atoms with Gasteiger partial charge in [-0.25, -0.2) is 13.1 Å². The highest BCUT2D eigenvalue weighted by Crippen LogP contribution is 2.42. The van der Waals surface area contributed by atoms with Crippen molar-refractivity contribution in [2.45, 2.75) is 69.3 Å². The molecule has 3 aliphatic heterocycles. The summed E-state index contributed by atoms with van der Waals surface area (Å²) in [6.45, 7) is 4.46. The second kappa shape index (κ2) is 7.31. The zero-order chi connectivity index (χ0) is 20.2. The van der Waals surface area contributed by atoms with Crippen LogP contribution in [0, 0.1) is 18.8 Å². The van der Waals surface area contributed by atoms with Crippen LogP contribution in [0.1, 0.15) is 50.2 Å². The Hall–Kier alpha value is -1.52. The van der Waals surface area contributed by atoms with Crippen LogP contribution >= 0.6 is 0 Å². The summed E-state index contributed by atoms with van der Waals surface area (Å²) in [4.78, 5) is 21.5. The van der Waals surface area contributed by atoms with E-state index < -0.39 is 10.0 Å². The minimum Gasteiger partial charge on any atom is -0.338 e. The van der Waals surface area contributed by atoms with Crippen LogP contribution in [-0.2, 0) is 21.4 Å². The second-order valence-electron chi connectivity index (χ2n) is 9.11. The maximum Gasteiger partial charge on any atom is 0.240 e. The Balaban J connectivity index is 1.35. The molecule has 5 rings (SSSR count). The highest BCUT2D eigenvalue weighted by molar-refractivity contribution is 7.90. The zero-order valence-electron chi connectivity index (χ0n) is 16.8. The Morgan fingerprint density at radius 2 is 2.00 bits per heavy atom. The van der Waals surface area contributed by atoms with Crippen molar-refractivity contribution in [2.24, 2.45) is 11.8 Å². The fourth-order valence-electron chi connectivity index (χ4n) is 5.56. The quantitative estimate of drug-likeness (QED) is 0.716. The van der Waals surface area contributed by atoms with E-state index in [1.165, 1.54) is 0 Å². The molecule has 1 N–H and O–H groups in total. The fourth-order valence-corrected chi connectivity index (χ4v) is 6.95. The molecule has 4 atom stereocenters. The Bertz CT molecular complexity index is 883. The Kier molecular flexibility index (Phi) is 4.90. The molecule has 29 heavy (non-hydrogen) atoms. The van der Waals surface area contributed by atoms with E-state index in [1.54, 1.807) is 0 Å². The van der Waals surface area contributed by atoms with Crippen LogP contribution in [0.15, 0.2) is 4.52 Å². The lowest BCUT2D eigenvalue weighted by atomic mass is 9.72. The first-order valence-electron chi connectivity index (χ1n) is 10.7. The van der Waals surface area contributed by atoms with Gasteiger partial charge in [-0.05, 0) is 50.9 Å². The maximum atomic E-state index is 12.8. The third-order valence-corrected chi connectivity index (χ3v) is 8.88. The predicted octanol–water partition coefficient (Wildman–Crippen LogP) is 0.661. The zero-order valence-corrected chi connectivity index (χ0v) is 17.6. The first-order chi connectivity index (χ1) is 13.9. The van der Waals surface area contributed by atoms with E-state index in [4.69, 9.17) is 4.52 Å². The number of aryl methyl sites for hydroxylation is 1. The molecule has 1 saturated carbocycles. The number of nitrogens with one attached hydrogen (secondary N) is 1. The van der Waals surface area contributed by atoms with Gasteiger partial charge in [-0.2, -0.15) is 4.98 Å². The van der Waals surface area contributed by atoms with E-state index in [1.807, 2.05) is 11.8 Å². The van der Waals surface area contributed by atoms with Crippen molar-refractivity contribution in [3.63, 3.8) is 0 Å². The average Bonchev–Trinajstić information content (AvgIpc) is 3.46. The van der Waals surface area contributed by atoms with Gasteiger partial charge in [0.15, 0.2) is 5.82 Å². The Morgan fingerprint density at radius 1 is 1.21 bits per heavy atom. The number of carbonyl (C=O) groups is 1. The van der Waals surface area contributed by atoms with Gasteiger partial charge in [-0.1, -0.05) is 5.16 Å². The van der Waals surface area contributed by atoms with E-state index in [0.717, 1.165) is 45.2 Å². The molecule has 1 amide bonds. The molecule has 10 heteroatoms. The minimum absolute atomic E-state index is 0.0789. The van der Waals surface area contributed by atoms with Crippen molar-refractivity contribution in [1.82, 2.24) is 24.7 Å². The van der Waals surface area contributed by atoms with E-state index >= 15 is 0 Å². The molecule has 0 unspecified atom stereocenters. The van der Waals surface area contributed by atoms with Gasteiger partial charge in [-0.15, -0.1) is 0 Å². The highest BCUT2D eigenvalue weighted by atomic mass is 32.2. The first kappa shape index (κ1) is 19.4. The lowest BCUT2D eigenvalue weighted by molar-refractivity contribution is -0.152. The molecule has 0 spiro atoms. The summed E-state index contributed by atoms with van der Waals surface area (Å²) < 4.78 is 33.0. The molecule has 1 aromatic heterocycles. The normalized spacial score (nSPS) is 33.0. The number of amides is 1. The summed E-state index contributed by atoms with van der Waals surface area (Å²) in [5.41, 5.74) is 0. The van der Waals surface area contributed by atoms with Gasteiger partial charge in [0.25, 0.3) is 0 Å². The number of hydrogen-bond acceptors (Lipinski definition) is 7. The summed E-state index contributed by atoms with van der Waals surface area (Å²) in [6.07, 6.45) is 5.03. The van der Waals surface area contributed by atoms with Gasteiger partial charge in [0.2, 0.25) is 21.8 Å². The molecular formula is C19H29N5O4S. The molecule has 1 aliphatic carbocycles. The van der Waals surface area contributed by atoms with Gasteiger partial charge in [0, 0.05) is 38.1 Å². The van der Waals surface area contributed by atoms with Crippen molar-refractivity contribution in [2.75, 3.05) is 19.6 Å². The van der Waals surface area contributed by atoms with Crippen LogP contribution in [0.5, 0.6) is 0 Å². The van der Waals surface area contributed by atoms with Crippen molar-refractivity contribution < 1.29 is 17.7 Å². The molecule has 160 valence electrons. The Labute approximate surface area is 171 Å². The number of hydrogen-bond donors (Lipinski definition) is 1. The van der Waals surface area contributed by atoms with Gasteiger partial charge in [0.1, 0.15) is 0 Å². The summed E-state index contributed by atoms with van der Waals surface area (Å²) >= 11 is 0. The number of fused-ring (bicyclic) bond motifs is 4. The van der Waals surface area contributed by atoms with Crippen molar-refractivity contribution in [1.29, 1.82) is 0 Å². The summed E-state index contributed by atoms with van der Waals surface area (Å²) in [7, 11) is -3.26. The lowest BCUT2D eigenvalue weighted by Crippen LogP contribution is -2.67. The maximum absolute atomic E-state index is 12.8. The topological polar surface area (TPSA) is 109 Å². The number of carbonyl (C=O) groups excluding carboxylic acids is 1. The molecule has 0 radical (unpaired) electrons. The monoisotopic (exact) mass is 423 g/mol. The van der Waals surface area contributed by atoms with Gasteiger partial charge in [0.05, 0.1) is 11.8 Å². The van der Waals surface area contributed by atoms with Crippen molar-refractivity contribution >= 4 is 15.9 Å². The first-order valence-corrected chi connectivity index (χ1v) is 12.3. The largest absolute Gasteiger partial charge is 0.338 e. The van der Waals surface area contributed by atoms with Gasteiger partial charge >= 0.3 is 0 Å². The average molecular weight is 424 g/mol. The molecular weight excluding hydrogens is 394 g/mol. The van der Waals surface area contributed by atoms with Crippen LogP contribution in [0.4, 0.5) is 0 Å². The number of piperidine rings is 3. The molecule has 4 aliphatic rings. The second-order valence-corrected chi connectivity index (χ2v) is 11.2. The molecule has 0 aromatic carbocycles. The molecule has 2 bridgehead atoms. The van der Waals surface area contributed by atoms with E-state index in [2.05, 4.69) is 19.8 Å². The van der Waals surface area contributed by atoms with Crippen molar-refractivity contribution in [3.8, 4) is 0 Å². The van der Waals surface area contributed by atoms with E-state index in [9.17, 15) is 13.2 Å². The third-order valence-electron chi connectivity index (χ3n) is 6.96. The van der Waals surface area contributed by atoms with Gasteiger partial charge < -0.3 is 9.42 Å². The fraction of sp³-hybridized carbons (Fsp3) is 0.842. The predicted molar refractivity (Wildman–Crippen MR) is 104 cm³/mol. The summed E-state index contributed by atoms with van der Waals surface area (Å²) in [6, 6.07) is 0.125. The number of sulfonamides is 1. The van der Waals surface area contributed by atoms with E-state index in [-0.39, 0.29) is 29.2 Å². The van der Waals surface area contributed by atoms with Crippen LogP contribution in [0.2, 0.25) is 0 Å².